The molecule has 0 N–H and O–H groups in total. The molecular formula is C16H15N3O5S. The van der Waals surface area contributed by atoms with Gasteiger partial charge in [-0.1, -0.05) is 6.07 Å². The van der Waals surface area contributed by atoms with Crippen molar-refractivity contribution in [3.63, 3.8) is 0 Å². The number of amides is 2. The minimum atomic E-state index is -4.06. The van der Waals surface area contributed by atoms with Gasteiger partial charge < -0.3 is 9.08 Å². The first-order chi connectivity index (χ1) is 11.9. The van der Waals surface area contributed by atoms with Gasteiger partial charge in [0.15, 0.2) is 0 Å². The molecule has 130 valence electrons. The van der Waals surface area contributed by atoms with E-state index in [-0.39, 0.29) is 22.4 Å². The van der Waals surface area contributed by atoms with Crippen LogP contribution in [0.2, 0.25) is 0 Å². The Morgan fingerprint density at radius 3 is 2.40 bits per heavy atom. The minimum Gasteiger partial charge on any atom is -0.379 e. The van der Waals surface area contributed by atoms with Crippen molar-refractivity contribution in [2.45, 2.75) is 4.90 Å². The Bertz CT molecular complexity index is 912. The van der Waals surface area contributed by atoms with Crippen molar-refractivity contribution in [1.82, 2.24) is 4.90 Å². The molecule has 0 radical (unpaired) electrons. The average Bonchev–Trinajstić information content (AvgIpc) is 2.94. The fourth-order valence-electron chi connectivity index (χ4n) is 2.45. The Balaban J connectivity index is 1.81. The van der Waals surface area contributed by atoms with Gasteiger partial charge in [0, 0.05) is 31.9 Å². The molecule has 2 aromatic rings. The summed E-state index contributed by atoms with van der Waals surface area (Å²) in [5, 5.41) is 2.74. The largest absolute Gasteiger partial charge is 0.379 e. The van der Waals surface area contributed by atoms with Gasteiger partial charge >= 0.3 is 16.1 Å². The summed E-state index contributed by atoms with van der Waals surface area (Å²) in [4.78, 5) is 25.6. The van der Waals surface area contributed by atoms with E-state index in [0.717, 1.165) is 0 Å². The summed E-state index contributed by atoms with van der Waals surface area (Å²) < 4.78 is 29.7. The van der Waals surface area contributed by atoms with Crippen molar-refractivity contribution >= 4 is 27.5 Å². The molecule has 0 aromatic heterocycles. The molecule has 0 aliphatic carbocycles. The lowest BCUT2D eigenvalue weighted by atomic mass is 10.3. The number of carbonyl (C=O) groups is 1. The summed E-state index contributed by atoms with van der Waals surface area (Å²) in [6.45, 7) is 1.16. The van der Waals surface area contributed by atoms with Gasteiger partial charge in [-0.25, -0.2) is 4.79 Å². The standard InChI is InChI=1S/C16H15N3O5S/c1-18-9-10-19(16(18)20)13-5-7-15(8-6-13)25(22,23)24-14-4-2-3-12(11-14)17-21/h2-8,11H,9-10H2,1H3. The third-order valence-electron chi connectivity index (χ3n) is 3.78. The summed E-state index contributed by atoms with van der Waals surface area (Å²) >= 11 is 0. The molecule has 1 heterocycles. The van der Waals surface area contributed by atoms with Crippen LogP contribution >= 0.6 is 0 Å². The second-order valence-corrected chi connectivity index (χ2v) is 7.02. The Labute approximate surface area is 144 Å². The van der Waals surface area contributed by atoms with E-state index in [2.05, 4.69) is 5.18 Å². The van der Waals surface area contributed by atoms with Gasteiger partial charge in [0.2, 0.25) is 0 Å². The number of nitrogens with zero attached hydrogens (tertiary/aromatic N) is 3. The highest BCUT2D eigenvalue weighted by atomic mass is 32.2. The summed E-state index contributed by atoms with van der Waals surface area (Å²) in [7, 11) is -2.35. The third kappa shape index (κ3) is 3.45. The topological polar surface area (TPSA) is 96.3 Å². The fourth-order valence-corrected chi connectivity index (χ4v) is 3.37. The van der Waals surface area contributed by atoms with E-state index in [9.17, 15) is 18.1 Å². The van der Waals surface area contributed by atoms with Crippen LogP contribution in [0.3, 0.4) is 0 Å². The quantitative estimate of drug-likeness (QED) is 0.602. The maximum absolute atomic E-state index is 12.3. The smallest absolute Gasteiger partial charge is 0.339 e. The highest BCUT2D eigenvalue weighted by Crippen LogP contribution is 2.25. The summed E-state index contributed by atoms with van der Waals surface area (Å²) in [6.07, 6.45) is 0. The molecule has 1 fully saturated rings. The molecule has 2 aromatic carbocycles. The molecule has 0 unspecified atom stereocenters. The SMILES string of the molecule is CN1CCN(c2ccc(S(=O)(=O)Oc3cccc(N=O)c3)cc2)C1=O. The van der Waals surface area contributed by atoms with E-state index in [0.29, 0.717) is 18.8 Å². The van der Waals surface area contributed by atoms with Gasteiger partial charge in [-0.05, 0) is 41.6 Å². The number of urea groups is 1. The van der Waals surface area contributed by atoms with Gasteiger partial charge in [-0.2, -0.15) is 8.42 Å². The van der Waals surface area contributed by atoms with Crippen LogP contribution in [0.1, 0.15) is 0 Å². The first kappa shape index (κ1) is 16.9. The number of benzene rings is 2. The van der Waals surface area contributed by atoms with Crippen molar-refractivity contribution in [1.29, 1.82) is 0 Å². The average molecular weight is 361 g/mol. The second kappa shape index (κ2) is 6.52. The number of anilines is 1. The van der Waals surface area contributed by atoms with Crippen LogP contribution in [0.25, 0.3) is 0 Å². The summed E-state index contributed by atoms with van der Waals surface area (Å²) in [5.74, 6) is -0.00229. The van der Waals surface area contributed by atoms with Crippen molar-refractivity contribution in [3.05, 3.63) is 53.4 Å². The Hall–Kier alpha value is -2.94. The predicted molar refractivity (Wildman–Crippen MR) is 91.5 cm³/mol. The molecule has 0 bridgehead atoms. The van der Waals surface area contributed by atoms with Gasteiger partial charge in [0.1, 0.15) is 16.3 Å². The second-order valence-electron chi connectivity index (χ2n) is 5.48. The van der Waals surface area contributed by atoms with Crippen LogP contribution in [-0.4, -0.2) is 39.5 Å². The molecule has 1 aliphatic heterocycles. The summed E-state index contributed by atoms with van der Waals surface area (Å²) in [6, 6.07) is 11.3. The number of carbonyl (C=O) groups excluding carboxylic acids is 1. The van der Waals surface area contributed by atoms with E-state index in [1.807, 2.05) is 0 Å². The maximum atomic E-state index is 12.3. The molecule has 0 atom stereocenters. The zero-order valence-corrected chi connectivity index (χ0v) is 14.1. The number of hydrogen-bond donors (Lipinski definition) is 0. The lowest BCUT2D eigenvalue weighted by Crippen LogP contribution is -2.29. The number of nitroso groups, excluding NO2 is 1. The van der Waals surface area contributed by atoms with E-state index in [4.69, 9.17) is 4.18 Å². The van der Waals surface area contributed by atoms with Gasteiger partial charge in [-0.15, -0.1) is 4.91 Å². The first-order valence-corrected chi connectivity index (χ1v) is 8.82. The van der Waals surface area contributed by atoms with Gasteiger partial charge in [0.25, 0.3) is 0 Å². The van der Waals surface area contributed by atoms with Gasteiger partial charge in [0.05, 0.1) is 0 Å². The predicted octanol–water partition coefficient (Wildman–Crippen LogP) is 2.72. The third-order valence-corrected chi connectivity index (χ3v) is 5.04. The number of rotatable bonds is 5. The molecule has 1 aliphatic rings. The first-order valence-electron chi connectivity index (χ1n) is 7.41. The number of likely N-dealkylation sites (N-methyl/N-ethyl adjacent to an activating group) is 1. The zero-order chi connectivity index (χ0) is 18.0. The minimum absolute atomic E-state index is 0.00229. The van der Waals surface area contributed by atoms with Crippen LogP contribution in [0, 0.1) is 4.91 Å². The van der Waals surface area contributed by atoms with Crippen molar-refractivity contribution in [2.75, 3.05) is 25.0 Å². The van der Waals surface area contributed by atoms with E-state index in [1.54, 1.807) is 29.0 Å². The molecule has 25 heavy (non-hydrogen) atoms. The van der Waals surface area contributed by atoms with E-state index < -0.39 is 10.1 Å². The summed E-state index contributed by atoms with van der Waals surface area (Å²) in [5.41, 5.74) is 0.681. The van der Waals surface area contributed by atoms with Crippen LogP contribution in [0.15, 0.2) is 58.6 Å². The Morgan fingerprint density at radius 1 is 1.08 bits per heavy atom. The monoisotopic (exact) mass is 361 g/mol. The Kier molecular flexibility index (Phi) is 4.41. The van der Waals surface area contributed by atoms with Crippen LogP contribution in [0.5, 0.6) is 5.75 Å². The van der Waals surface area contributed by atoms with Crippen LogP contribution in [-0.2, 0) is 10.1 Å². The van der Waals surface area contributed by atoms with Crippen molar-refractivity contribution in [2.24, 2.45) is 5.18 Å². The van der Waals surface area contributed by atoms with E-state index >= 15 is 0 Å². The molecule has 0 saturated carbocycles. The number of hydrogen-bond acceptors (Lipinski definition) is 6. The van der Waals surface area contributed by atoms with Crippen LogP contribution < -0.4 is 9.08 Å². The zero-order valence-electron chi connectivity index (χ0n) is 13.3. The lowest BCUT2D eigenvalue weighted by molar-refractivity contribution is 0.229. The van der Waals surface area contributed by atoms with Gasteiger partial charge in [-0.3, -0.25) is 4.90 Å². The van der Waals surface area contributed by atoms with Crippen LogP contribution in [0.4, 0.5) is 16.2 Å². The lowest BCUT2D eigenvalue weighted by Gasteiger charge is -2.16. The molecule has 1 saturated heterocycles. The molecule has 9 heteroatoms. The molecule has 0 spiro atoms. The van der Waals surface area contributed by atoms with Crippen molar-refractivity contribution < 1.29 is 17.4 Å². The molecule has 8 nitrogen and oxygen atoms in total. The highest BCUT2D eigenvalue weighted by molar-refractivity contribution is 7.87. The van der Waals surface area contributed by atoms with Crippen molar-refractivity contribution in [3.8, 4) is 5.75 Å². The Morgan fingerprint density at radius 2 is 1.80 bits per heavy atom. The maximum Gasteiger partial charge on any atom is 0.339 e. The van der Waals surface area contributed by atoms with E-state index in [1.165, 1.54) is 36.4 Å². The molecule has 3 rings (SSSR count). The molecule has 2 amide bonds. The molecular weight excluding hydrogens is 346 g/mol. The fraction of sp³-hybridized carbons (Fsp3) is 0.188. The normalized spacial score (nSPS) is 14.7. The highest BCUT2D eigenvalue weighted by Gasteiger charge is 2.27.